The number of nitrogens with zero attached hydrogens (tertiary/aromatic N) is 1. The Morgan fingerprint density at radius 2 is 2.22 bits per heavy atom. The van der Waals surface area contributed by atoms with Gasteiger partial charge in [0.05, 0.1) is 6.61 Å². The fourth-order valence-electron chi connectivity index (χ4n) is 0.846. The van der Waals surface area contributed by atoms with E-state index in [4.69, 9.17) is 4.74 Å². The van der Waals surface area contributed by atoms with Gasteiger partial charge in [-0.25, -0.2) is 0 Å². The van der Waals surface area contributed by atoms with E-state index in [-0.39, 0.29) is 0 Å². The molecule has 0 spiro atoms. The van der Waals surface area contributed by atoms with Gasteiger partial charge in [0.15, 0.2) is 0 Å². The standard InChI is InChI=1S/C6H13NO2/c1-6(2,8)7-3-4-9-5-7/h8H,3-5H2,1-2H3. The van der Waals surface area contributed by atoms with Crippen molar-refractivity contribution in [1.29, 1.82) is 0 Å². The molecule has 0 aromatic heterocycles. The summed E-state index contributed by atoms with van der Waals surface area (Å²) in [4.78, 5) is 1.88. The lowest BCUT2D eigenvalue weighted by Gasteiger charge is -2.27. The van der Waals surface area contributed by atoms with Crippen LogP contribution >= 0.6 is 0 Å². The zero-order chi connectivity index (χ0) is 6.91. The van der Waals surface area contributed by atoms with Crippen molar-refractivity contribution >= 4 is 0 Å². The van der Waals surface area contributed by atoms with Gasteiger partial charge in [0, 0.05) is 6.54 Å². The first-order valence-electron chi connectivity index (χ1n) is 3.16. The number of hydrogen-bond acceptors (Lipinski definition) is 3. The molecule has 0 radical (unpaired) electrons. The fourth-order valence-corrected chi connectivity index (χ4v) is 0.846. The monoisotopic (exact) mass is 131 g/mol. The molecule has 0 saturated carbocycles. The molecule has 0 aromatic carbocycles. The van der Waals surface area contributed by atoms with Gasteiger partial charge in [-0.3, -0.25) is 4.90 Å². The summed E-state index contributed by atoms with van der Waals surface area (Å²) in [5, 5.41) is 9.36. The van der Waals surface area contributed by atoms with Crippen molar-refractivity contribution in [2.45, 2.75) is 19.6 Å². The van der Waals surface area contributed by atoms with E-state index in [0.717, 1.165) is 13.2 Å². The summed E-state index contributed by atoms with van der Waals surface area (Å²) in [6, 6.07) is 0. The first-order valence-corrected chi connectivity index (χ1v) is 3.16. The summed E-state index contributed by atoms with van der Waals surface area (Å²) < 4.78 is 5.05. The van der Waals surface area contributed by atoms with E-state index >= 15 is 0 Å². The lowest BCUT2D eigenvalue weighted by Crippen LogP contribution is -2.41. The Morgan fingerprint density at radius 3 is 2.44 bits per heavy atom. The van der Waals surface area contributed by atoms with Gasteiger partial charge >= 0.3 is 0 Å². The summed E-state index contributed by atoms with van der Waals surface area (Å²) in [5.41, 5.74) is -0.712. The molecule has 54 valence electrons. The quantitative estimate of drug-likeness (QED) is 0.544. The minimum absolute atomic E-state index is 0.559. The van der Waals surface area contributed by atoms with Crippen LogP contribution < -0.4 is 0 Å². The Kier molecular flexibility index (Phi) is 1.75. The molecule has 9 heavy (non-hydrogen) atoms. The molecule has 0 bridgehead atoms. The summed E-state index contributed by atoms with van der Waals surface area (Å²) in [6.45, 7) is 5.67. The highest BCUT2D eigenvalue weighted by Gasteiger charge is 2.26. The van der Waals surface area contributed by atoms with E-state index < -0.39 is 5.72 Å². The summed E-state index contributed by atoms with van der Waals surface area (Å²) in [5.74, 6) is 0. The second kappa shape index (κ2) is 2.25. The van der Waals surface area contributed by atoms with Crippen LogP contribution in [-0.4, -0.2) is 35.6 Å². The molecule has 0 amide bonds. The minimum Gasteiger partial charge on any atom is -0.376 e. The Hall–Kier alpha value is -0.120. The van der Waals surface area contributed by atoms with Crippen molar-refractivity contribution in [3.8, 4) is 0 Å². The van der Waals surface area contributed by atoms with Gasteiger partial charge in [0.2, 0.25) is 0 Å². The third-order valence-electron chi connectivity index (χ3n) is 1.53. The molecule has 1 N–H and O–H groups in total. The van der Waals surface area contributed by atoms with E-state index in [2.05, 4.69) is 0 Å². The third kappa shape index (κ3) is 1.64. The van der Waals surface area contributed by atoms with Gasteiger partial charge in [-0.05, 0) is 13.8 Å². The third-order valence-corrected chi connectivity index (χ3v) is 1.53. The average molecular weight is 131 g/mol. The predicted molar refractivity (Wildman–Crippen MR) is 33.8 cm³/mol. The largest absolute Gasteiger partial charge is 0.376 e. The highest BCUT2D eigenvalue weighted by molar-refractivity contribution is 4.69. The second-order valence-corrected chi connectivity index (χ2v) is 2.80. The zero-order valence-corrected chi connectivity index (χ0v) is 5.92. The normalized spacial score (nSPS) is 23.0. The number of hydrogen-bond donors (Lipinski definition) is 1. The minimum atomic E-state index is -0.712. The van der Waals surface area contributed by atoms with E-state index in [0.29, 0.717) is 6.73 Å². The molecule has 0 aliphatic carbocycles. The lowest BCUT2D eigenvalue weighted by molar-refractivity contribution is -0.0831. The first-order chi connectivity index (χ1) is 4.11. The van der Waals surface area contributed by atoms with Crippen LogP contribution in [0, 0.1) is 0 Å². The zero-order valence-electron chi connectivity index (χ0n) is 5.92. The Labute approximate surface area is 55.2 Å². The molecule has 0 atom stereocenters. The lowest BCUT2D eigenvalue weighted by atomic mass is 10.3. The van der Waals surface area contributed by atoms with Crippen LogP contribution in [0.2, 0.25) is 0 Å². The van der Waals surface area contributed by atoms with Crippen LogP contribution in [0.3, 0.4) is 0 Å². The molecule has 0 aromatic rings. The van der Waals surface area contributed by atoms with Crippen molar-refractivity contribution in [2.75, 3.05) is 19.9 Å². The molecule has 1 heterocycles. The number of rotatable bonds is 1. The first kappa shape index (κ1) is 6.99. The van der Waals surface area contributed by atoms with Gasteiger partial charge < -0.3 is 9.84 Å². The van der Waals surface area contributed by atoms with Crippen LogP contribution in [-0.2, 0) is 4.74 Å². The number of aliphatic hydroxyl groups is 1. The highest BCUT2D eigenvalue weighted by atomic mass is 16.5. The van der Waals surface area contributed by atoms with Crippen molar-refractivity contribution in [3.63, 3.8) is 0 Å². The van der Waals surface area contributed by atoms with Crippen molar-refractivity contribution < 1.29 is 9.84 Å². The highest BCUT2D eigenvalue weighted by Crippen LogP contribution is 2.12. The van der Waals surface area contributed by atoms with Gasteiger partial charge in [-0.1, -0.05) is 0 Å². The van der Waals surface area contributed by atoms with Crippen molar-refractivity contribution in [3.05, 3.63) is 0 Å². The Morgan fingerprint density at radius 1 is 1.56 bits per heavy atom. The van der Waals surface area contributed by atoms with Gasteiger partial charge in [-0.15, -0.1) is 0 Å². The van der Waals surface area contributed by atoms with E-state index in [9.17, 15) is 5.11 Å². The van der Waals surface area contributed by atoms with E-state index in [1.54, 1.807) is 13.8 Å². The molecule has 1 aliphatic heterocycles. The molecule has 3 nitrogen and oxygen atoms in total. The Balaban J connectivity index is 2.42. The molecular weight excluding hydrogens is 118 g/mol. The topological polar surface area (TPSA) is 32.7 Å². The van der Waals surface area contributed by atoms with Crippen LogP contribution in [0.15, 0.2) is 0 Å². The maximum Gasteiger partial charge on any atom is 0.114 e. The SMILES string of the molecule is CC(C)(O)N1CCOC1. The molecule has 0 unspecified atom stereocenters. The summed E-state index contributed by atoms with van der Waals surface area (Å²) >= 11 is 0. The fraction of sp³-hybridized carbons (Fsp3) is 1.00. The number of ether oxygens (including phenoxy) is 1. The van der Waals surface area contributed by atoms with Crippen molar-refractivity contribution in [2.24, 2.45) is 0 Å². The Bertz CT molecular complexity index is 91.7. The summed E-state index contributed by atoms with van der Waals surface area (Å²) in [6.07, 6.45) is 0. The average Bonchev–Trinajstić information content (AvgIpc) is 2.08. The van der Waals surface area contributed by atoms with E-state index in [1.165, 1.54) is 0 Å². The second-order valence-electron chi connectivity index (χ2n) is 2.80. The molecule has 1 saturated heterocycles. The predicted octanol–water partition coefficient (Wildman–Crippen LogP) is 0.00450. The van der Waals surface area contributed by atoms with Crippen LogP contribution in [0.4, 0.5) is 0 Å². The van der Waals surface area contributed by atoms with Crippen LogP contribution in [0.5, 0.6) is 0 Å². The van der Waals surface area contributed by atoms with E-state index in [1.807, 2.05) is 4.90 Å². The van der Waals surface area contributed by atoms with Crippen molar-refractivity contribution in [1.82, 2.24) is 4.90 Å². The van der Waals surface area contributed by atoms with Gasteiger partial charge in [-0.2, -0.15) is 0 Å². The molecular formula is C6H13NO2. The van der Waals surface area contributed by atoms with Gasteiger partial charge in [0.1, 0.15) is 12.5 Å². The van der Waals surface area contributed by atoms with Gasteiger partial charge in [0.25, 0.3) is 0 Å². The molecule has 1 aliphatic rings. The maximum atomic E-state index is 9.36. The summed E-state index contributed by atoms with van der Waals surface area (Å²) in [7, 11) is 0. The van der Waals surface area contributed by atoms with Crippen LogP contribution in [0.1, 0.15) is 13.8 Å². The molecule has 1 rings (SSSR count). The smallest absolute Gasteiger partial charge is 0.114 e. The molecule has 3 heteroatoms. The van der Waals surface area contributed by atoms with Crippen LogP contribution in [0.25, 0.3) is 0 Å². The maximum absolute atomic E-state index is 9.36. The molecule has 1 fully saturated rings.